The molecule has 2 aromatic rings. The Morgan fingerprint density at radius 3 is 2.59 bits per heavy atom. The quantitative estimate of drug-likeness (QED) is 0.409. The number of aromatic nitrogens is 2. The van der Waals surface area contributed by atoms with Gasteiger partial charge in [-0.25, -0.2) is 4.98 Å². The summed E-state index contributed by atoms with van der Waals surface area (Å²) in [7, 11) is 0. The van der Waals surface area contributed by atoms with Gasteiger partial charge in [0.15, 0.2) is 0 Å². The van der Waals surface area contributed by atoms with Crippen molar-refractivity contribution in [2.45, 2.75) is 0 Å². The summed E-state index contributed by atoms with van der Waals surface area (Å²) < 4.78 is 0. The van der Waals surface area contributed by atoms with Gasteiger partial charge < -0.3 is 10.7 Å². The van der Waals surface area contributed by atoms with Crippen LogP contribution in [0.1, 0.15) is 0 Å². The van der Waals surface area contributed by atoms with Crippen LogP contribution >= 0.6 is 12.2 Å². The molecular formula is C16H11N5S. The summed E-state index contributed by atoms with van der Waals surface area (Å²) in [5.74, 6) is 0. The lowest BCUT2D eigenvalue weighted by molar-refractivity contribution is 1.25. The maximum absolute atomic E-state index is 5.43. The third-order valence-electron chi connectivity index (χ3n) is 3.56. The number of hydrogen-bond acceptors (Lipinski definition) is 3. The fraction of sp³-hybridized carbons (Fsp3) is 0. The SMILES string of the molecule is NC(=S)N=Nc1c2[nH]c3ccccc3nc-2c2ccccc12. The highest BCUT2D eigenvalue weighted by Crippen LogP contribution is 2.43. The average Bonchev–Trinajstić information content (AvgIpc) is 2.84. The molecule has 1 heterocycles. The number of H-pyrrole nitrogens is 1. The van der Waals surface area contributed by atoms with E-state index in [-0.39, 0.29) is 5.11 Å². The number of nitrogens with one attached hydrogen (secondary N) is 1. The van der Waals surface area contributed by atoms with Gasteiger partial charge in [0.1, 0.15) is 5.69 Å². The van der Waals surface area contributed by atoms with Crippen molar-refractivity contribution in [3.63, 3.8) is 0 Å². The Bertz CT molecular complexity index is 1020. The van der Waals surface area contributed by atoms with Crippen molar-refractivity contribution < 1.29 is 0 Å². The summed E-state index contributed by atoms with van der Waals surface area (Å²) in [6, 6.07) is 15.8. The summed E-state index contributed by atoms with van der Waals surface area (Å²) in [6.45, 7) is 0. The van der Waals surface area contributed by atoms with Crippen molar-refractivity contribution >= 4 is 44.8 Å². The van der Waals surface area contributed by atoms with E-state index in [1.165, 1.54) is 0 Å². The van der Waals surface area contributed by atoms with Gasteiger partial charge in [0.2, 0.25) is 5.11 Å². The number of aromatic amines is 1. The Morgan fingerprint density at radius 2 is 1.77 bits per heavy atom. The predicted molar refractivity (Wildman–Crippen MR) is 91.5 cm³/mol. The number of thiocarbonyl (C=S) groups is 1. The number of azo groups is 1. The van der Waals surface area contributed by atoms with Crippen LogP contribution in [-0.2, 0) is 0 Å². The lowest BCUT2D eigenvalue weighted by Crippen LogP contribution is -2.01. The smallest absolute Gasteiger partial charge is 0.211 e. The molecule has 1 aliphatic carbocycles. The minimum atomic E-state index is 0.00665. The third kappa shape index (κ3) is 1.93. The van der Waals surface area contributed by atoms with Crippen LogP contribution < -0.4 is 5.73 Å². The monoisotopic (exact) mass is 305 g/mol. The molecule has 4 rings (SSSR count). The van der Waals surface area contributed by atoms with Gasteiger partial charge in [-0.3, -0.25) is 0 Å². The van der Waals surface area contributed by atoms with Crippen LogP contribution in [0.5, 0.6) is 0 Å². The summed E-state index contributed by atoms with van der Waals surface area (Å²) in [4.78, 5) is 8.15. The first-order valence-electron chi connectivity index (χ1n) is 6.74. The first-order valence-corrected chi connectivity index (χ1v) is 7.15. The molecule has 5 nitrogen and oxygen atoms in total. The molecule has 0 spiro atoms. The Morgan fingerprint density at radius 1 is 1.05 bits per heavy atom. The van der Waals surface area contributed by atoms with Gasteiger partial charge >= 0.3 is 0 Å². The van der Waals surface area contributed by atoms with Gasteiger partial charge in [0.25, 0.3) is 0 Å². The molecule has 2 aromatic carbocycles. The molecule has 0 bridgehead atoms. The van der Waals surface area contributed by atoms with Crippen LogP contribution in [0.2, 0.25) is 0 Å². The van der Waals surface area contributed by atoms with Crippen molar-refractivity contribution in [3.8, 4) is 11.4 Å². The maximum atomic E-state index is 5.43. The molecule has 0 atom stereocenters. The van der Waals surface area contributed by atoms with Gasteiger partial charge in [-0.2, -0.15) is 0 Å². The summed E-state index contributed by atoms with van der Waals surface area (Å²) in [6.07, 6.45) is 0. The van der Waals surface area contributed by atoms with E-state index in [0.717, 1.165) is 33.2 Å². The minimum Gasteiger partial charge on any atom is -0.373 e. The van der Waals surface area contributed by atoms with Crippen LogP contribution in [0, 0.1) is 0 Å². The Hall–Kier alpha value is -2.86. The molecule has 0 saturated heterocycles. The van der Waals surface area contributed by atoms with E-state index in [0.29, 0.717) is 5.69 Å². The van der Waals surface area contributed by atoms with E-state index in [1.54, 1.807) is 0 Å². The van der Waals surface area contributed by atoms with E-state index in [4.69, 9.17) is 22.9 Å². The zero-order valence-corrected chi connectivity index (χ0v) is 12.3. The average molecular weight is 305 g/mol. The summed E-state index contributed by atoms with van der Waals surface area (Å²) in [5, 5.41) is 10.1. The lowest BCUT2D eigenvalue weighted by Gasteiger charge is -2.04. The lowest BCUT2D eigenvalue weighted by atomic mass is 10.2. The number of nitrogens with two attached hydrogens (primary N) is 1. The number of rotatable bonds is 1. The molecule has 0 unspecified atom stereocenters. The number of fused-ring (bicyclic) bond motifs is 4. The zero-order chi connectivity index (χ0) is 15.1. The van der Waals surface area contributed by atoms with Crippen molar-refractivity contribution in [3.05, 3.63) is 48.5 Å². The van der Waals surface area contributed by atoms with Crippen molar-refractivity contribution in [2.75, 3.05) is 0 Å². The molecule has 0 fully saturated rings. The number of para-hydroxylation sites is 2. The van der Waals surface area contributed by atoms with Crippen LogP contribution in [0.25, 0.3) is 33.2 Å². The molecule has 0 saturated carbocycles. The first-order chi connectivity index (χ1) is 10.7. The highest BCUT2D eigenvalue weighted by atomic mass is 32.1. The molecule has 3 N–H and O–H groups in total. The van der Waals surface area contributed by atoms with E-state index < -0.39 is 0 Å². The molecule has 0 aromatic heterocycles. The standard InChI is InChI=1S/C16H11N5S/c17-16(22)21-20-14-10-6-2-1-5-9(10)13-15(14)19-12-8-4-3-7-11(12)18-13/h1-8,19H,(H2,17,22). The summed E-state index contributed by atoms with van der Waals surface area (Å²) in [5.41, 5.74) is 9.69. The van der Waals surface area contributed by atoms with Gasteiger partial charge in [0.05, 0.1) is 22.4 Å². The molecule has 6 heteroatoms. The van der Waals surface area contributed by atoms with Crippen LogP contribution in [0.3, 0.4) is 0 Å². The fourth-order valence-electron chi connectivity index (χ4n) is 2.65. The second-order valence-electron chi connectivity index (χ2n) is 4.91. The number of hydrogen-bond donors (Lipinski definition) is 2. The van der Waals surface area contributed by atoms with E-state index in [1.807, 2.05) is 48.5 Å². The van der Waals surface area contributed by atoms with Gasteiger partial charge in [-0.1, -0.05) is 36.4 Å². The number of nitrogens with zero attached hydrogens (tertiary/aromatic N) is 3. The highest BCUT2D eigenvalue weighted by Gasteiger charge is 2.20. The Kier molecular flexibility index (Phi) is 2.83. The maximum Gasteiger partial charge on any atom is 0.211 e. The van der Waals surface area contributed by atoms with Gasteiger partial charge in [-0.05, 0) is 24.4 Å². The van der Waals surface area contributed by atoms with Crippen LogP contribution in [0.4, 0.5) is 5.69 Å². The van der Waals surface area contributed by atoms with E-state index >= 15 is 0 Å². The van der Waals surface area contributed by atoms with Gasteiger partial charge in [-0.15, -0.1) is 10.2 Å². The van der Waals surface area contributed by atoms with Crippen LogP contribution in [-0.4, -0.2) is 15.1 Å². The zero-order valence-electron chi connectivity index (χ0n) is 11.4. The van der Waals surface area contributed by atoms with Crippen molar-refractivity contribution in [2.24, 2.45) is 16.0 Å². The fourth-order valence-corrected chi connectivity index (χ4v) is 2.69. The Balaban J connectivity index is 2.15. The third-order valence-corrected chi connectivity index (χ3v) is 3.64. The molecule has 0 radical (unpaired) electrons. The van der Waals surface area contributed by atoms with Crippen molar-refractivity contribution in [1.29, 1.82) is 0 Å². The Labute approximate surface area is 131 Å². The van der Waals surface area contributed by atoms with Gasteiger partial charge in [0, 0.05) is 10.8 Å². The summed E-state index contributed by atoms with van der Waals surface area (Å²) >= 11 is 4.78. The molecule has 106 valence electrons. The van der Waals surface area contributed by atoms with Crippen LogP contribution in [0.15, 0.2) is 58.8 Å². The molecular weight excluding hydrogens is 294 g/mol. The molecule has 0 amide bonds. The topological polar surface area (TPSA) is 79.4 Å². The second kappa shape index (κ2) is 4.85. The minimum absolute atomic E-state index is 0.00665. The molecule has 2 aliphatic rings. The van der Waals surface area contributed by atoms with E-state index in [9.17, 15) is 0 Å². The normalized spacial score (nSPS) is 11.8. The first kappa shape index (κ1) is 12.8. The van der Waals surface area contributed by atoms with E-state index in [2.05, 4.69) is 15.2 Å². The second-order valence-corrected chi connectivity index (χ2v) is 5.33. The van der Waals surface area contributed by atoms with Crippen molar-refractivity contribution in [1.82, 2.24) is 9.97 Å². The number of benzene rings is 2. The highest BCUT2D eigenvalue weighted by molar-refractivity contribution is 7.80. The molecule has 22 heavy (non-hydrogen) atoms. The molecule has 1 aliphatic heterocycles. The largest absolute Gasteiger partial charge is 0.373 e. The predicted octanol–water partition coefficient (Wildman–Crippen LogP) is 4.15.